The number of sulfonamides is 1. The molecule has 8 heteroatoms. The Morgan fingerprint density at radius 1 is 1.26 bits per heavy atom. The summed E-state index contributed by atoms with van der Waals surface area (Å²) in [5, 5.41) is 7.80. The number of rotatable bonds is 5. The fourth-order valence-corrected chi connectivity index (χ4v) is 3.35. The number of carbonyl (C=O) groups is 1. The van der Waals surface area contributed by atoms with Crippen LogP contribution in [0.15, 0.2) is 29.2 Å². The lowest BCUT2D eigenvalue weighted by atomic mass is 10.2. The zero-order valence-corrected chi connectivity index (χ0v) is 14.2. The molecule has 0 aliphatic carbocycles. The smallest absolute Gasteiger partial charge is 0.238 e. The minimum absolute atomic E-state index is 0.0243. The molecular weight excluding hydrogens is 318 g/mol. The van der Waals surface area contributed by atoms with Gasteiger partial charge in [-0.2, -0.15) is 0 Å². The van der Waals surface area contributed by atoms with Gasteiger partial charge in [0.2, 0.25) is 15.9 Å². The Morgan fingerprint density at radius 3 is 2.35 bits per heavy atom. The maximum absolute atomic E-state index is 12.0. The topological polar surface area (TPSA) is 103 Å². The summed E-state index contributed by atoms with van der Waals surface area (Å²) in [5.41, 5.74) is 0.557. The third-order valence-corrected chi connectivity index (χ3v) is 4.72. The summed E-state index contributed by atoms with van der Waals surface area (Å²) in [6, 6.07) is 5.82. The minimum atomic E-state index is -3.71. The van der Waals surface area contributed by atoms with E-state index in [2.05, 4.69) is 5.32 Å². The number of quaternary nitrogens is 1. The van der Waals surface area contributed by atoms with Crippen LogP contribution >= 0.6 is 0 Å². The number of hydrogen-bond acceptors (Lipinski definition) is 4. The van der Waals surface area contributed by atoms with Crippen molar-refractivity contribution >= 4 is 21.6 Å². The quantitative estimate of drug-likeness (QED) is 0.662. The van der Waals surface area contributed by atoms with Crippen LogP contribution < -0.4 is 15.4 Å². The zero-order valence-electron chi connectivity index (χ0n) is 13.4. The van der Waals surface area contributed by atoms with E-state index in [-0.39, 0.29) is 23.0 Å². The Morgan fingerprint density at radius 2 is 1.83 bits per heavy atom. The van der Waals surface area contributed by atoms with Crippen molar-refractivity contribution in [2.75, 3.05) is 25.0 Å². The van der Waals surface area contributed by atoms with Gasteiger partial charge in [-0.05, 0) is 38.1 Å². The lowest BCUT2D eigenvalue weighted by molar-refractivity contribution is -0.914. The number of primary sulfonamides is 1. The van der Waals surface area contributed by atoms with Crippen molar-refractivity contribution in [3.63, 3.8) is 0 Å². The molecule has 1 amide bonds. The van der Waals surface area contributed by atoms with Gasteiger partial charge in [0.15, 0.2) is 0 Å². The largest absolute Gasteiger partial charge is 0.364 e. The number of hydrogen-bond donors (Lipinski definition) is 3. The highest BCUT2D eigenvalue weighted by Gasteiger charge is 2.25. The maximum Gasteiger partial charge on any atom is 0.238 e. The molecule has 1 heterocycles. The summed E-state index contributed by atoms with van der Waals surface area (Å²) < 4.78 is 28.0. The maximum atomic E-state index is 12.0. The van der Waals surface area contributed by atoms with Crippen LogP contribution in [0.5, 0.6) is 0 Å². The molecule has 0 spiro atoms. The van der Waals surface area contributed by atoms with Crippen LogP contribution in [0.3, 0.4) is 0 Å². The Labute approximate surface area is 136 Å². The van der Waals surface area contributed by atoms with Gasteiger partial charge < -0.3 is 15.0 Å². The van der Waals surface area contributed by atoms with Crippen molar-refractivity contribution in [3.8, 4) is 0 Å². The Bertz CT molecular complexity index is 635. The Hall–Kier alpha value is -1.48. The molecule has 1 saturated heterocycles. The normalized spacial score (nSPS) is 25.1. The van der Waals surface area contributed by atoms with Gasteiger partial charge in [-0.25, -0.2) is 13.6 Å². The zero-order chi connectivity index (χ0) is 17.0. The molecule has 0 saturated carbocycles. The second-order valence-electron chi connectivity index (χ2n) is 6.03. The highest BCUT2D eigenvalue weighted by molar-refractivity contribution is 7.89. The van der Waals surface area contributed by atoms with Gasteiger partial charge in [-0.15, -0.1) is 0 Å². The van der Waals surface area contributed by atoms with Crippen LogP contribution in [0.2, 0.25) is 0 Å². The van der Waals surface area contributed by atoms with E-state index in [1.807, 2.05) is 13.8 Å². The van der Waals surface area contributed by atoms with Crippen molar-refractivity contribution in [2.24, 2.45) is 5.14 Å². The minimum Gasteiger partial charge on any atom is -0.364 e. The monoisotopic (exact) mass is 342 g/mol. The van der Waals surface area contributed by atoms with Crippen LogP contribution in [0.1, 0.15) is 20.3 Å². The van der Waals surface area contributed by atoms with Crippen molar-refractivity contribution in [3.05, 3.63) is 24.3 Å². The highest BCUT2D eigenvalue weighted by atomic mass is 32.2. The number of morpholine rings is 1. The SMILES string of the molecule is CC1C[NH+](CCC(=O)Nc2ccc(S(N)(=O)=O)cc2)CC(C)O1. The molecule has 1 aromatic rings. The molecule has 1 fully saturated rings. The molecule has 2 rings (SSSR count). The first-order valence-corrected chi connectivity index (χ1v) is 9.20. The fourth-order valence-electron chi connectivity index (χ4n) is 2.84. The molecule has 1 aromatic carbocycles. The second-order valence-corrected chi connectivity index (χ2v) is 7.59. The molecule has 2 atom stereocenters. The standard InChI is InChI=1S/C15H23N3O4S/c1-11-9-18(10-12(2)22-11)8-7-15(19)17-13-3-5-14(6-4-13)23(16,20)21/h3-6,11-12H,7-10H2,1-2H3,(H,17,19)(H2,16,20,21)/p+1. The predicted molar refractivity (Wildman–Crippen MR) is 86.6 cm³/mol. The molecule has 4 N–H and O–H groups in total. The first-order chi connectivity index (χ1) is 10.7. The molecule has 2 unspecified atom stereocenters. The van der Waals surface area contributed by atoms with Gasteiger partial charge in [-0.1, -0.05) is 0 Å². The number of nitrogens with two attached hydrogens (primary N) is 1. The van der Waals surface area contributed by atoms with Gasteiger partial charge in [0, 0.05) is 5.69 Å². The summed E-state index contributed by atoms with van der Waals surface area (Å²) in [6.07, 6.45) is 0.830. The van der Waals surface area contributed by atoms with Crippen LogP contribution in [-0.4, -0.2) is 46.2 Å². The van der Waals surface area contributed by atoms with Crippen molar-refractivity contribution < 1.29 is 22.8 Å². The van der Waals surface area contributed by atoms with Crippen LogP contribution in [0.4, 0.5) is 5.69 Å². The Balaban J connectivity index is 1.83. The number of nitrogens with one attached hydrogen (secondary N) is 2. The number of amides is 1. The molecule has 128 valence electrons. The van der Waals surface area contributed by atoms with Gasteiger partial charge >= 0.3 is 0 Å². The van der Waals surface area contributed by atoms with Crippen LogP contribution in [-0.2, 0) is 19.6 Å². The van der Waals surface area contributed by atoms with Crippen molar-refractivity contribution in [2.45, 2.75) is 37.4 Å². The number of carbonyl (C=O) groups excluding carboxylic acids is 1. The van der Waals surface area contributed by atoms with Gasteiger partial charge in [0.05, 0.1) is 17.9 Å². The number of anilines is 1. The molecular formula is C15H24N3O4S+. The molecule has 7 nitrogen and oxygen atoms in total. The van der Waals surface area contributed by atoms with Crippen LogP contribution in [0, 0.1) is 0 Å². The number of benzene rings is 1. The summed E-state index contributed by atoms with van der Waals surface area (Å²) >= 11 is 0. The summed E-state index contributed by atoms with van der Waals surface area (Å²) in [6.45, 7) is 6.64. The van der Waals surface area contributed by atoms with E-state index in [0.29, 0.717) is 12.1 Å². The third-order valence-electron chi connectivity index (χ3n) is 3.79. The van der Waals surface area contributed by atoms with Crippen molar-refractivity contribution in [1.29, 1.82) is 0 Å². The third kappa shape index (κ3) is 5.58. The molecule has 23 heavy (non-hydrogen) atoms. The predicted octanol–water partition coefficient (Wildman–Crippen LogP) is -0.645. The van der Waals surface area contributed by atoms with E-state index >= 15 is 0 Å². The van der Waals surface area contributed by atoms with Gasteiger partial charge in [0.1, 0.15) is 25.3 Å². The first-order valence-electron chi connectivity index (χ1n) is 7.66. The summed E-state index contributed by atoms with van der Waals surface area (Å²) in [5.74, 6) is -0.0901. The highest BCUT2D eigenvalue weighted by Crippen LogP contribution is 2.12. The molecule has 0 radical (unpaired) electrons. The molecule has 1 aliphatic heterocycles. The summed E-state index contributed by atoms with van der Waals surface area (Å²) in [4.78, 5) is 13.4. The lowest BCUT2D eigenvalue weighted by Gasteiger charge is -2.32. The molecule has 0 bridgehead atoms. The van der Waals surface area contributed by atoms with E-state index in [1.165, 1.54) is 29.2 Å². The average molecular weight is 342 g/mol. The first kappa shape index (κ1) is 17.9. The second kappa shape index (κ2) is 7.39. The van der Waals surface area contributed by atoms with Gasteiger partial charge in [0.25, 0.3) is 0 Å². The van der Waals surface area contributed by atoms with E-state index in [9.17, 15) is 13.2 Å². The van der Waals surface area contributed by atoms with E-state index < -0.39 is 10.0 Å². The Kier molecular flexibility index (Phi) is 5.74. The van der Waals surface area contributed by atoms with Crippen LogP contribution in [0.25, 0.3) is 0 Å². The fraction of sp³-hybridized carbons (Fsp3) is 0.533. The average Bonchev–Trinajstić information content (AvgIpc) is 2.44. The van der Waals surface area contributed by atoms with Gasteiger partial charge in [-0.3, -0.25) is 4.79 Å². The lowest BCUT2D eigenvalue weighted by Crippen LogP contribution is -3.15. The van der Waals surface area contributed by atoms with E-state index in [0.717, 1.165) is 19.6 Å². The molecule has 0 aromatic heterocycles. The summed E-state index contributed by atoms with van der Waals surface area (Å²) in [7, 11) is -3.71. The van der Waals surface area contributed by atoms with E-state index in [1.54, 1.807) is 0 Å². The van der Waals surface area contributed by atoms with Crippen molar-refractivity contribution in [1.82, 2.24) is 0 Å². The molecule has 1 aliphatic rings. The number of ether oxygens (including phenoxy) is 1. The van der Waals surface area contributed by atoms with E-state index in [4.69, 9.17) is 9.88 Å².